The summed E-state index contributed by atoms with van der Waals surface area (Å²) in [6.07, 6.45) is 4.57. The summed E-state index contributed by atoms with van der Waals surface area (Å²) in [5.74, 6) is 0.116. The quantitative estimate of drug-likeness (QED) is 0.850. The molecule has 0 unspecified atom stereocenters. The second-order valence-corrected chi connectivity index (χ2v) is 6.83. The maximum absolute atomic E-state index is 13.0. The zero-order chi connectivity index (χ0) is 17.8. The van der Waals surface area contributed by atoms with Crippen molar-refractivity contribution in [1.82, 2.24) is 9.80 Å². The van der Waals surface area contributed by atoms with E-state index in [9.17, 15) is 9.59 Å². The van der Waals surface area contributed by atoms with Crippen molar-refractivity contribution in [1.29, 1.82) is 0 Å². The van der Waals surface area contributed by atoms with Crippen LogP contribution in [-0.4, -0.2) is 59.9 Å². The number of benzene rings is 1. The van der Waals surface area contributed by atoms with E-state index >= 15 is 0 Å². The van der Waals surface area contributed by atoms with E-state index in [-0.39, 0.29) is 12.5 Å². The standard InChI is InChI=1S/C19H27N3O3/c1-2-21-11-3-5-16(21)17-6-4-12-22(17)19(24)14-7-9-15(10-8-14)25-13-18(20)23/h7-10,16-17H,2-6,11-13H2,1H3,(H2,20,23)/t16-,17-/m0/s1. The van der Waals surface area contributed by atoms with Crippen molar-refractivity contribution in [3.05, 3.63) is 29.8 Å². The molecule has 1 aromatic rings. The van der Waals surface area contributed by atoms with Gasteiger partial charge in [0.25, 0.3) is 11.8 Å². The molecule has 0 aliphatic carbocycles. The first kappa shape index (κ1) is 17.7. The summed E-state index contributed by atoms with van der Waals surface area (Å²) in [5.41, 5.74) is 5.74. The van der Waals surface area contributed by atoms with Crippen LogP contribution in [0.1, 0.15) is 43.0 Å². The second kappa shape index (κ2) is 7.87. The van der Waals surface area contributed by atoms with Gasteiger partial charge in [-0.1, -0.05) is 6.92 Å². The largest absolute Gasteiger partial charge is 0.484 e. The summed E-state index contributed by atoms with van der Waals surface area (Å²) in [6.45, 7) is 5.07. The highest BCUT2D eigenvalue weighted by Gasteiger charge is 2.39. The molecule has 2 aliphatic heterocycles. The lowest BCUT2D eigenvalue weighted by molar-refractivity contribution is -0.119. The van der Waals surface area contributed by atoms with Gasteiger partial charge < -0.3 is 15.4 Å². The maximum atomic E-state index is 13.0. The first-order valence-corrected chi connectivity index (χ1v) is 9.16. The molecule has 3 rings (SSSR count). The van der Waals surface area contributed by atoms with Crippen molar-refractivity contribution in [2.45, 2.75) is 44.7 Å². The molecule has 0 saturated carbocycles. The molecule has 6 heteroatoms. The Hall–Kier alpha value is -2.08. The molecule has 0 radical (unpaired) electrons. The number of likely N-dealkylation sites (N-methyl/N-ethyl adjacent to an activating group) is 1. The fourth-order valence-electron chi connectivity index (χ4n) is 4.14. The number of primary amides is 1. The van der Waals surface area contributed by atoms with Crippen LogP contribution in [0.2, 0.25) is 0 Å². The molecule has 136 valence electrons. The zero-order valence-corrected chi connectivity index (χ0v) is 14.8. The third kappa shape index (κ3) is 3.95. The Balaban J connectivity index is 1.68. The van der Waals surface area contributed by atoms with Gasteiger partial charge in [0.2, 0.25) is 0 Å². The van der Waals surface area contributed by atoms with Gasteiger partial charge in [-0.2, -0.15) is 0 Å². The molecular formula is C19H27N3O3. The van der Waals surface area contributed by atoms with Gasteiger partial charge in [0.15, 0.2) is 6.61 Å². The van der Waals surface area contributed by atoms with Crippen molar-refractivity contribution in [3.63, 3.8) is 0 Å². The van der Waals surface area contributed by atoms with Gasteiger partial charge in [0.05, 0.1) is 0 Å². The smallest absolute Gasteiger partial charge is 0.255 e. The number of carbonyl (C=O) groups is 2. The normalized spacial score (nSPS) is 23.8. The number of hydrogen-bond acceptors (Lipinski definition) is 4. The third-order valence-corrected chi connectivity index (χ3v) is 5.31. The SMILES string of the molecule is CCN1CCC[C@H]1[C@@H]1CCCN1C(=O)c1ccc(OCC(N)=O)cc1. The van der Waals surface area contributed by atoms with E-state index in [1.807, 2.05) is 0 Å². The Morgan fingerprint density at radius 2 is 1.80 bits per heavy atom. The topological polar surface area (TPSA) is 75.9 Å². The van der Waals surface area contributed by atoms with Crippen LogP contribution in [0.4, 0.5) is 0 Å². The van der Waals surface area contributed by atoms with Gasteiger partial charge in [-0.05, 0) is 63.0 Å². The Labute approximate surface area is 148 Å². The molecule has 0 spiro atoms. The van der Waals surface area contributed by atoms with Gasteiger partial charge in [-0.3, -0.25) is 14.5 Å². The van der Waals surface area contributed by atoms with Crippen LogP contribution in [-0.2, 0) is 4.79 Å². The van der Waals surface area contributed by atoms with Crippen LogP contribution >= 0.6 is 0 Å². The van der Waals surface area contributed by atoms with Gasteiger partial charge >= 0.3 is 0 Å². The molecule has 2 atom stereocenters. The lowest BCUT2D eigenvalue weighted by Gasteiger charge is -2.34. The fourth-order valence-corrected chi connectivity index (χ4v) is 4.14. The number of likely N-dealkylation sites (tertiary alicyclic amines) is 2. The summed E-state index contributed by atoms with van der Waals surface area (Å²) in [7, 11) is 0. The average molecular weight is 345 g/mol. The van der Waals surface area contributed by atoms with Crippen LogP contribution in [0.5, 0.6) is 5.75 Å². The van der Waals surface area contributed by atoms with E-state index in [0.29, 0.717) is 23.4 Å². The van der Waals surface area contributed by atoms with E-state index in [4.69, 9.17) is 10.5 Å². The number of amides is 2. The highest BCUT2D eigenvalue weighted by molar-refractivity contribution is 5.94. The molecule has 2 N–H and O–H groups in total. The lowest BCUT2D eigenvalue weighted by Crippen LogP contribution is -2.48. The minimum absolute atomic E-state index is 0.0897. The molecule has 2 saturated heterocycles. The van der Waals surface area contributed by atoms with Crippen LogP contribution in [0.15, 0.2) is 24.3 Å². The zero-order valence-electron chi connectivity index (χ0n) is 14.8. The highest BCUT2D eigenvalue weighted by Crippen LogP contribution is 2.31. The van der Waals surface area contributed by atoms with E-state index in [0.717, 1.165) is 32.5 Å². The van der Waals surface area contributed by atoms with Crippen molar-refractivity contribution >= 4 is 11.8 Å². The van der Waals surface area contributed by atoms with Crippen LogP contribution in [0.3, 0.4) is 0 Å². The second-order valence-electron chi connectivity index (χ2n) is 6.83. The lowest BCUT2D eigenvalue weighted by atomic mass is 10.0. The molecular weight excluding hydrogens is 318 g/mol. The average Bonchev–Trinajstić information content (AvgIpc) is 3.27. The van der Waals surface area contributed by atoms with Crippen molar-refractivity contribution in [3.8, 4) is 5.75 Å². The summed E-state index contributed by atoms with van der Waals surface area (Å²) >= 11 is 0. The van der Waals surface area contributed by atoms with Gasteiger partial charge in [-0.25, -0.2) is 0 Å². The first-order chi connectivity index (χ1) is 12.1. The van der Waals surface area contributed by atoms with Crippen LogP contribution in [0.25, 0.3) is 0 Å². The number of ether oxygens (including phenoxy) is 1. The minimum atomic E-state index is -0.517. The Morgan fingerprint density at radius 3 is 2.48 bits per heavy atom. The minimum Gasteiger partial charge on any atom is -0.484 e. The van der Waals surface area contributed by atoms with E-state index < -0.39 is 5.91 Å². The summed E-state index contributed by atoms with van der Waals surface area (Å²) in [4.78, 5) is 28.3. The Kier molecular flexibility index (Phi) is 5.58. The molecule has 2 amide bonds. The number of hydrogen-bond donors (Lipinski definition) is 1. The van der Waals surface area contributed by atoms with E-state index in [1.54, 1.807) is 24.3 Å². The first-order valence-electron chi connectivity index (χ1n) is 9.16. The summed E-state index contributed by atoms with van der Waals surface area (Å²) < 4.78 is 5.25. The molecule has 2 heterocycles. The van der Waals surface area contributed by atoms with Crippen LogP contribution in [0, 0.1) is 0 Å². The molecule has 6 nitrogen and oxygen atoms in total. The predicted octanol–water partition coefficient (Wildman–Crippen LogP) is 1.64. The Morgan fingerprint density at radius 1 is 1.12 bits per heavy atom. The maximum Gasteiger partial charge on any atom is 0.255 e. The van der Waals surface area contributed by atoms with E-state index in [2.05, 4.69) is 16.7 Å². The monoisotopic (exact) mass is 345 g/mol. The van der Waals surface area contributed by atoms with Gasteiger partial charge in [-0.15, -0.1) is 0 Å². The van der Waals surface area contributed by atoms with Crippen LogP contribution < -0.4 is 10.5 Å². The highest BCUT2D eigenvalue weighted by atomic mass is 16.5. The van der Waals surface area contributed by atoms with Crippen molar-refractivity contribution < 1.29 is 14.3 Å². The van der Waals surface area contributed by atoms with E-state index in [1.165, 1.54) is 12.8 Å². The number of nitrogens with zero attached hydrogens (tertiary/aromatic N) is 2. The summed E-state index contributed by atoms with van der Waals surface area (Å²) in [6, 6.07) is 7.78. The van der Waals surface area contributed by atoms with Crippen molar-refractivity contribution in [2.75, 3.05) is 26.2 Å². The Bertz CT molecular complexity index is 617. The van der Waals surface area contributed by atoms with Gasteiger partial charge in [0.1, 0.15) is 5.75 Å². The van der Waals surface area contributed by atoms with Gasteiger partial charge in [0, 0.05) is 24.2 Å². The number of rotatable bonds is 6. The predicted molar refractivity (Wildman–Crippen MR) is 95.5 cm³/mol. The van der Waals surface area contributed by atoms with Crippen molar-refractivity contribution in [2.24, 2.45) is 5.73 Å². The third-order valence-electron chi connectivity index (χ3n) is 5.31. The molecule has 2 fully saturated rings. The number of carbonyl (C=O) groups excluding carboxylic acids is 2. The molecule has 25 heavy (non-hydrogen) atoms. The summed E-state index contributed by atoms with van der Waals surface area (Å²) in [5, 5.41) is 0. The molecule has 1 aromatic carbocycles. The molecule has 0 aromatic heterocycles. The fraction of sp³-hybridized carbons (Fsp3) is 0.579. The number of nitrogens with two attached hydrogens (primary N) is 1. The molecule has 0 bridgehead atoms. The molecule has 2 aliphatic rings.